The highest BCUT2D eigenvalue weighted by molar-refractivity contribution is 7.92. The highest BCUT2D eigenvalue weighted by Gasteiger charge is 2.23. The predicted molar refractivity (Wildman–Crippen MR) is 137 cm³/mol. The van der Waals surface area contributed by atoms with E-state index >= 15 is 0 Å². The lowest BCUT2D eigenvalue weighted by atomic mass is 10.2. The predicted octanol–water partition coefficient (Wildman–Crippen LogP) is 4.17. The summed E-state index contributed by atoms with van der Waals surface area (Å²) >= 11 is 0. The molecule has 0 saturated carbocycles. The van der Waals surface area contributed by atoms with E-state index in [1.54, 1.807) is 67.2 Å². The second-order valence-corrected chi connectivity index (χ2v) is 10.7. The summed E-state index contributed by atoms with van der Waals surface area (Å²) in [4.78, 5) is 6.78. The largest absolute Gasteiger partial charge is 0.378 e. The maximum Gasteiger partial charge on any atom is 0.182 e. The van der Waals surface area contributed by atoms with Gasteiger partial charge in [-0.25, -0.2) is 13.4 Å². The zero-order valence-corrected chi connectivity index (χ0v) is 20.3. The fraction of sp³-hybridized carbons (Fsp3) is 0.208. The third-order valence-corrected chi connectivity index (χ3v) is 7.45. The molecule has 9 nitrogen and oxygen atoms in total. The van der Waals surface area contributed by atoms with Gasteiger partial charge in [0.2, 0.25) is 0 Å². The quantitative estimate of drug-likeness (QED) is 0.290. The normalized spacial score (nSPS) is 11.9. The molecule has 4 rings (SSSR count). The topological polar surface area (TPSA) is 104 Å². The molecule has 0 aliphatic carbocycles. The number of anilines is 4. The standard InChI is InChI=1S/C24H27N7O2S/c1-17(2)34(32,33)21-8-6-5-7-20(21)27-24-15-22(28-23-13-14-26-31(23)24)29-25-16-18-9-11-19(12-10-18)30(3)4/h5-17,27H,1-4H3,(H,28,29). The summed E-state index contributed by atoms with van der Waals surface area (Å²) in [7, 11) is 0.502. The number of para-hydroxylation sites is 1. The molecule has 0 aliphatic rings. The van der Waals surface area contributed by atoms with Crippen LogP contribution in [-0.2, 0) is 9.84 Å². The number of hydrogen-bond acceptors (Lipinski definition) is 8. The van der Waals surface area contributed by atoms with Crippen LogP contribution >= 0.6 is 0 Å². The molecule has 0 radical (unpaired) electrons. The minimum Gasteiger partial charge on any atom is -0.378 e. The molecule has 0 spiro atoms. The van der Waals surface area contributed by atoms with Crippen LogP contribution < -0.4 is 15.6 Å². The first kappa shape index (κ1) is 23.2. The van der Waals surface area contributed by atoms with Crippen LogP contribution in [0.5, 0.6) is 0 Å². The van der Waals surface area contributed by atoms with Crippen LogP contribution in [0.3, 0.4) is 0 Å². The van der Waals surface area contributed by atoms with E-state index in [-0.39, 0.29) is 4.90 Å². The van der Waals surface area contributed by atoms with Crippen molar-refractivity contribution in [2.45, 2.75) is 24.0 Å². The zero-order valence-electron chi connectivity index (χ0n) is 19.5. The van der Waals surface area contributed by atoms with Crippen molar-refractivity contribution in [2.24, 2.45) is 5.10 Å². The van der Waals surface area contributed by atoms with E-state index in [1.807, 2.05) is 43.3 Å². The number of benzene rings is 2. The summed E-state index contributed by atoms with van der Waals surface area (Å²) in [6.07, 6.45) is 3.34. The average molecular weight is 478 g/mol. The lowest BCUT2D eigenvalue weighted by molar-refractivity contribution is 0.588. The Kier molecular flexibility index (Phi) is 6.51. The van der Waals surface area contributed by atoms with Crippen molar-refractivity contribution in [2.75, 3.05) is 29.7 Å². The van der Waals surface area contributed by atoms with Gasteiger partial charge in [-0.3, -0.25) is 5.43 Å². The van der Waals surface area contributed by atoms with E-state index in [4.69, 9.17) is 0 Å². The van der Waals surface area contributed by atoms with E-state index in [2.05, 4.69) is 25.9 Å². The van der Waals surface area contributed by atoms with Crippen LogP contribution in [0.15, 0.2) is 76.9 Å². The average Bonchev–Trinajstić information content (AvgIpc) is 3.29. The summed E-state index contributed by atoms with van der Waals surface area (Å²) in [5.41, 5.74) is 6.05. The number of hydrazone groups is 1. The maximum absolute atomic E-state index is 12.8. The fourth-order valence-corrected chi connectivity index (χ4v) is 4.50. The Morgan fingerprint density at radius 3 is 2.50 bits per heavy atom. The molecule has 0 fully saturated rings. The number of hydrogen-bond donors (Lipinski definition) is 2. The molecule has 34 heavy (non-hydrogen) atoms. The van der Waals surface area contributed by atoms with Crippen LogP contribution in [0.1, 0.15) is 19.4 Å². The molecule has 2 heterocycles. The molecule has 2 aromatic carbocycles. The van der Waals surface area contributed by atoms with E-state index in [0.29, 0.717) is 23.0 Å². The Bertz CT molecular complexity index is 1430. The third-order valence-electron chi connectivity index (χ3n) is 5.24. The fourth-order valence-electron chi connectivity index (χ4n) is 3.30. The Morgan fingerprint density at radius 2 is 1.79 bits per heavy atom. The highest BCUT2D eigenvalue weighted by atomic mass is 32.2. The van der Waals surface area contributed by atoms with Crippen molar-refractivity contribution in [1.29, 1.82) is 0 Å². The van der Waals surface area contributed by atoms with Crippen LogP contribution in [0.2, 0.25) is 0 Å². The molecule has 0 aliphatic heterocycles. The maximum atomic E-state index is 12.8. The van der Waals surface area contributed by atoms with Crippen molar-refractivity contribution in [3.05, 3.63) is 72.4 Å². The summed E-state index contributed by atoms with van der Waals surface area (Å²) in [5.74, 6) is 1.04. The van der Waals surface area contributed by atoms with Gasteiger partial charge in [-0.2, -0.15) is 14.7 Å². The molecular formula is C24H27N7O2S. The summed E-state index contributed by atoms with van der Waals surface area (Å²) < 4.78 is 27.3. The van der Waals surface area contributed by atoms with Crippen molar-refractivity contribution < 1.29 is 8.42 Å². The number of fused-ring (bicyclic) bond motifs is 1. The summed E-state index contributed by atoms with van der Waals surface area (Å²) in [6.45, 7) is 3.33. The lowest BCUT2D eigenvalue weighted by Crippen LogP contribution is -2.16. The molecule has 10 heteroatoms. The first-order valence-corrected chi connectivity index (χ1v) is 12.3. The van der Waals surface area contributed by atoms with E-state index in [0.717, 1.165) is 11.3 Å². The van der Waals surface area contributed by atoms with Gasteiger partial charge in [0.1, 0.15) is 5.82 Å². The summed E-state index contributed by atoms with van der Waals surface area (Å²) in [6, 6.07) is 18.3. The van der Waals surface area contributed by atoms with Crippen molar-refractivity contribution in [3.8, 4) is 0 Å². The lowest BCUT2D eigenvalue weighted by Gasteiger charge is -2.15. The van der Waals surface area contributed by atoms with Gasteiger partial charge in [0.25, 0.3) is 0 Å². The monoisotopic (exact) mass is 477 g/mol. The van der Waals surface area contributed by atoms with E-state index < -0.39 is 15.1 Å². The minimum atomic E-state index is -3.48. The number of rotatable bonds is 8. The molecule has 2 aromatic heterocycles. The van der Waals surface area contributed by atoms with Crippen molar-refractivity contribution in [1.82, 2.24) is 14.6 Å². The third kappa shape index (κ3) is 4.86. The van der Waals surface area contributed by atoms with Crippen LogP contribution in [0, 0.1) is 0 Å². The van der Waals surface area contributed by atoms with Crippen LogP contribution in [-0.4, -0.2) is 48.6 Å². The Morgan fingerprint density at radius 1 is 1.06 bits per heavy atom. The van der Waals surface area contributed by atoms with E-state index in [9.17, 15) is 8.42 Å². The molecule has 4 aromatic rings. The second-order valence-electron chi connectivity index (χ2n) is 8.20. The molecule has 2 N–H and O–H groups in total. The number of nitrogens with zero attached hydrogens (tertiary/aromatic N) is 5. The van der Waals surface area contributed by atoms with Gasteiger partial charge in [-0.1, -0.05) is 24.3 Å². The molecular weight excluding hydrogens is 450 g/mol. The molecule has 176 valence electrons. The van der Waals surface area contributed by atoms with Gasteiger partial charge in [-0.05, 0) is 43.7 Å². The van der Waals surface area contributed by atoms with Gasteiger partial charge in [0, 0.05) is 31.9 Å². The van der Waals surface area contributed by atoms with E-state index in [1.165, 1.54) is 0 Å². The van der Waals surface area contributed by atoms with Crippen LogP contribution in [0.25, 0.3) is 5.65 Å². The number of aromatic nitrogens is 3. The van der Waals surface area contributed by atoms with Crippen molar-refractivity contribution >= 4 is 44.7 Å². The molecule has 0 unspecified atom stereocenters. The smallest absolute Gasteiger partial charge is 0.182 e. The minimum absolute atomic E-state index is 0.232. The zero-order chi connectivity index (χ0) is 24.3. The van der Waals surface area contributed by atoms with Gasteiger partial charge in [0.05, 0.1) is 28.2 Å². The van der Waals surface area contributed by atoms with Gasteiger partial charge in [0.15, 0.2) is 21.3 Å². The van der Waals surface area contributed by atoms with Crippen molar-refractivity contribution in [3.63, 3.8) is 0 Å². The molecule has 0 bridgehead atoms. The van der Waals surface area contributed by atoms with Gasteiger partial charge in [-0.15, -0.1) is 0 Å². The molecule has 0 atom stereocenters. The first-order chi connectivity index (χ1) is 16.3. The highest BCUT2D eigenvalue weighted by Crippen LogP contribution is 2.28. The Balaban J connectivity index is 1.62. The number of sulfone groups is 1. The molecule has 0 saturated heterocycles. The number of nitrogens with one attached hydrogen (secondary N) is 2. The van der Waals surface area contributed by atoms with Gasteiger partial charge < -0.3 is 10.2 Å². The summed E-state index contributed by atoms with van der Waals surface area (Å²) in [5, 5.41) is 11.3. The SMILES string of the molecule is CC(C)S(=O)(=O)c1ccccc1Nc1cc(NN=Cc2ccc(N(C)C)cc2)nc2ccnn12. The Hall–Kier alpha value is -3.92. The second kappa shape index (κ2) is 9.52. The first-order valence-electron chi connectivity index (χ1n) is 10.8. The van der Waals surface area contributed by atoms with Crippen LogP contribution in [0.4, 0.5) is 23.0 Å². The molecule has 0 amide bonds. The van der Waals surface area contributed by atoms with Gasteiger partial charge >= 0.3 is 0 Å². The Labute approximate surface area is 199 Å².